The molecule has 0 atom stereocenters. The predicted molar refractivity (Wildman–Crippen MR) is 92.3 cm³/mol. The molecule has 126 valence electrons. The third kappa shape index (κ3) is 3.74. The van der Waals surface area contributed by atoms with Crippen LogP contribution in [0.3, 0.4) is 0 Å². The van der Waals surface area contributed by atoms with Crippen LogP contribution in [-0.4, -0.2) is 15.9 Å². The second-order valence-electron chi connectivity index (χ2n) is 5.17. The van der Waals surface area contributed by atoms with Gasteiger partial charge in [-0.2, -0.15) is 0 Å². The number of para-hydroxylation sites is 2. The summed E-state index contributed by atoms with van der Waals surface area (Å²) in [7, 11) is 0. The first-order valence-corrected chi connectivity index (χ1v) is 7.93. The van der Waals surface area contributed by atoms with E-state index in [0.717, 1.165) is 0 Å². The minimum absolute atomic E-state index is 0.126. The van der Waals surface area contributed by atoms with Crippen molar-refractivity contribution < 1.29 is 19.2 Å². The molecule has 2 aromatic carbocycles. The van der Waals surface area contributed by atoms with Crippen LogP contribution in [0.5, 0.6) is 0 Å². The molecule has 0 aliphatic rings. The van der Waals surface area contributed by atoms with Gasteiger partial charge in [0.15, 0.2) is 5.58 Å². The average molecular weight is 402 g/mol. The number of halogens is 1. The average Bonchev–Trinajstić information content (AvgIpc) is 2.99. The lowest BCUT2D eigenvalue weighted by Crippen LogP contribution is -2.22. The summed E-state index contributed by atoms with van der Waals surface area (Å²) in [6.07, 6.45) is 1.05. The van der Waals surface area contributed by atoms with Crippen molar-refractivity contribution in [3.63, 3.8) is 0 Å². The minimum atomic E-state index is -1.31. The van der Waals surface area contributed by atoms with Gasteiger partial charge in [-0.3, -0.25) is 10.1 Å². The Balaban J connectivity index is 2.09. The van der Waals surface area contributed by atoms with Crippen LogP contribution in [0.2, 0.25) is 0 Å². The maximum absolute atomic E-state index is 11.1. The minimum Gasteiger partial charge on any atom is -0.550 e. The highest BCUT2D eigenvalue weighted by molar-refractivity contribution is 9.10. The number of oxazole rings is 1. The fourth-order valence-corrected chi connectivity index (χ4v) is 2.71. The lowest BCUT2D eigenvalue weighted by molar-refractivity contribution is -0.385. The lowest BCUT2D eigenvalue weighted by atomic mass is 10.1. The van der Waals surface area contributed by atoms with Crippen molar-refractivity contribution in [2.45, 2.75) is 6.42 Å². The van der Waals surface area contributed by atoms with Crippen molar-refractivity contribution in [1.29, 1.82) is 0 Å². The fourth-order valence-electron chi connectivity index (χ4n) is 2.31. The Kier molecular flexibility index (Phi) is 4.62. The summed E-state index contributed by atoms with van der Waals surface area (Å²) in [6, 6.07) is 11.5. The van der Waals surface area contributed by atoms with Gasteiger partial charge in [-0.15, -0.1) is 0 Å². The van der Waals surface area contributed by atoms with E-state index in [1.165, 1.54) is 18.2 Å². The third-order valence-corrected chi connectivity index (χ3v) is 4.08. The Hall–Kier alpha value is -3.00. The topological polar surface area (TPSA) is 109 Å². The van der Waals surface area contributed by atoms with E-state index in [1.807, 2.05) is 0 Å². The monoisotopic (exact) mass is 401 g/mol. The number of hydrogen-bond donors (Lipinski definition) is 0. The molecule has 0 N–H and O–H groups in total. The first-order chi connectivity index (χ1) is 11.9. The normalized spacial score (nSPS) is 11.6. The number of aliphatic carboxylic acids is 1. The van der Waals surface area contributed by atoms with Crippen LogP contribution in [0.25, 0.3) is 22.7 Å². The van der Waals surface area contributed by atoms with Gasteiger partial charge in [-0.1, -0.05) is 18.2 Å². The summed E-state index contributed by atoms with van der Waals surface area (Å²) in [4.78, 5) is 25.9. The molecule has 0 aliphatic carbocycles. The Bertz CT molecular complexity index is 976. The second-order valence-corrected chi connectivity index (χ2v) is 6.03. The van der Waals surface area contributed by atoms with Crippen LogP contribution in [0.1, 0.15) is 17.9 Å². The van der Waals surface area contributed by atoms with E-state index < -0.39 is 17.3 Å². The van der Waals surface area contributed by atoms with Gasteiger partial charge >= 0.3 is 0 Å². The number of nitro groups is 1. The number of carbonyl (C=O) groups is 1. The maximum atomic E-state index is 11.1. The number of hydrogen-bond acceptors (Lipinski definition) is 6. The number of nitrogens with zero attached hydrogens (tertiary/aromatic N) is 2. The van der Waals surface area contributed by atoms with E-state index in [4.69, 9.17) is 4.42 Å². The van der Waals surface area contributed by atoms with E-state index in [-0.39, 0.29) is 17.2 Å². The van der Waals surface area contributed by atoms with E-state index in [0.29, 0.717) is 21.1 Å². The van der Waals surface area contributed by atoms with Crippen LogP contribution in [-0.2, 0) is 4.79 Å². The standard InChI is InChI=1S/C17H11BrN2O5/c18-12-6-5-10(8-14(12)20(23)24)7-11(9-16(21)22)17-19-13-3-1-2-4-15(13)25-17/h1-8H,9H2,(H,21,22)/p-1/b11-7+. The highest BCUT2D eigenvalue weighted by atomic mass is 79.9. The molecule has 25 heavy (non-hydrogen) atoms. The summed E-state index contributed by atoms with van der Waals surface area (Å²) >= 11 is 3.11. The molecule has 0 spiro atoms. The number of benzene rings is 2. The Morgan fingerprint density at radius 1 is 1.28 bits per heavy atom. The van der Waals surface area contributed by atoms with Crippen LogP contribution < -0.4 is 5.11 Å². The molecule has 0 aliphatic heterocycles. The molecule has 7 nitrogen and oxygen atoms in total. The summed E-state index contributed by atoms with van der Waals surface area (Å²) in [5, 5.41) is 22.1. The molecule has 0 amide bonds. The van der Waals surface area contributed by atoms with Crippen molar-refractivity contribution in [3.8, 4) is 0 Å². The quantitative estimate of drug-likeness (QED) is 0.479. The van der Waals surface area contributed by atoms with Gasteiger partial charge in [0.1, 0.15) is 5.52 Å². The molecule has 1 aromatic heterocycles. The smallest absolute Gasteiger partial charge is 0.284 e. The Morgan fingerprint density at radius 3 is 2.72 bits per heavy atom. The molecule has 0 radical (unpaired) electrons. The number of nitro benzene ring substituents is 1. The van der Waals surface area contributed by atoms with Crippen LogP contribution in [0, 0.1) is 10.1 Å². The number of fused-ring (bicyclic) bond motifs is 1. The molecular weight excluding hydrogens is 392 g/mol. The van der Waals surface area contributed by atoms with E-state index in [2.05, 4.69) is 20.9 Å². The largest absolute Gasteiger partial charge is 0.550 e. The molecule has 0 fully saturated rings. The van der Waals surface area contributed by atoms with Crippen molar-refractivity contribution in [1.82, 2.24) is 4.98 Å². The number of carboxylic acid groups (broad SMARTS) is 1. The van der Waals surface area contributed by atoms with E-state index >= 15 is 0 Å². The predicted octanol–water partition coefficient (Wildman–Crippen LogP) is 3.18. The summed E-state index contributed by atoms with van der Waals surface area (Å²) in [5.74, 6) is -1.17. The zero-order valence-electron chi connectivity index (χ0n) is 12.6. The van der Waals surface area contributed by atoms with Crippen LogP contribution in [0.4, 0.5) is 5.69 Å². The number of carbonyl (C=O) groups excluding carboxylic acids is 1. The van der Waals surface area contributed by atoms with Crippen LogP contribution in [0.15, 0.2) is 51.4 Å². The SMILES string of the molecule is O=C([O-])C/C(=C\c1ccc(Br)c([N+](=O)[O-])c1)c1nc2ccccc2o1. The Labute approximate surface area is 149 Å². The molecule has 0 saturated heterocycles. The zero-order chi connectivity index (χ0) is 18.0. The van der Waals surface area contributed by atoms with Crippen molar-refractivity contribution in [2.24, 2.45) is 0 Å². The Morgan fingerprint density at radius 2 is 2.04 bits per heavy atom. The van der Waals surface area contributed by atoms with Gasteiger partial charge in [-0.05, 0) is 45.8 Å². The lowest BCUT2D eigenvalue weighted by Gasteiger charge is -2.05. The van der Waals surface area contributed by atoms with Gasteiger partial charge in [0.05, 0.1) is 9.40 Å². The zero-order valence-corrected chi connectivity index (χ0v) is 14.2. The van der Waals surface area contributed by atoms with E-state index in [9.17, 15) is 20.0 Å². The maximum Gasteiger partial charge on any atom is 0.284 e. The molecule has 0 saturated carbocycles. The van der Waals surface area contributed by atoms with Gasteiger partial charge in [0, 0.05) is 24.0 Å². The first kappa shape index (κ1) is 16.8. The fraction of sp³-hybridized carbons (Fsp3) is 0.0588. The highest BCUT2D eigenvalue weighted by Crippen LogP contribution is 2.29. The van der Waals surface area contributed by atoms with Gasteiger partial charge in [0.25, 0.3) is 5.69 Å². The molecule has 1 heterocycles. The van der Waals surface area contributed by atoms with Gasteiger partial charge in [0.2, 0.25) is 5.89 Å². The summed E-state index contributed by atoms with van der Waals surface area (Å²) < 4.78 is 5.92. The second kappa shape index (κ2) is 6.86. The first-order valence-electron chi connectivity index (χ1n) is 7.14. The highest BCUT2D eigenvalue weighted by Gasteiger charge is 2.14. The molecule has 3 aromatic rings. The number of aromatic nitrogens is 1. The van der Waals surface area contributed by atoms with Crippen LogP contribution >= 0.6 is 15.9 Å². The van der Waals surface area contributed by atoms with Gasteiger partial charge in [-0.25, -0.2) is 4.98 Å². The third-order valence-electron chi connectivity index (χ3n) is 3.41. The molecule has 3 rings (SSSR count). The summed E-state index contributed by atoms with van der Waals surface area (Å²) in [5.41, 5.74) is 1.69. The van der Waals surface area contributed by atoms with E-state index in [1.54, 1.807) is 30.3 Å². The molecule has 0 unspecified atom stereocenters. The van der Waals surface area contributed by atoms with Crippen molar-refractivity contribution in [3.05, 3.63) is 68.5 Å². The number of carboxylic acids is 1. The van der Waals surface area contributed by atoms with Crippen molar-refractivity contribution in [2.75, 3.05) is 0 Å². The number of rotatable bonds is 5. The van der Waals surface area contributed by atoms with Crippen molar-refractivity contribution >= 4 is 50.3 Å². The van der Waals surface area contributed by atoms with Gasteiger partial charge < -0.3 is 14.3 Å². The molecule has 0 bridgehead atoms. The summed E-state index contributed by atoms with van der Waals surface area (Å²) in [6.45, 7) is 0. The molecule has 8 heteroatoms. The molecular formula is C17H10BrN2O5-.